The van der Waals surface area contributed by atoms with E-state index in [2.05, 4.69) is 26.5 Å². The predicted molar refractivity (Wildman–Crippen MR) is 88.7 cm³/mol. The van der Waals surface area contributed by atoms with Gasteiger partial charge in [-0.2, -0.15) is 5.10 Å². The highest BCUT2D eigenvalue weighted by Gasteiger charge is 2.09. The number of benzene rings is 2. The molecule has 2 rings (SSSR count). The Balaban J connectivity index is 2.11. The number of halogens is 1. The topological polar surface area (TPSA) is 59.9 Å². The third-order valence-corrected chi connectivity index (χ3v) is 3.61. The molecule has 2 aromatic rings. The van der Waals surface area contributed by atoms with Gasteiger partial charge >= 0.3 is 0 Å². The highest BCUT2D eigenvalue weighted by molar-refractivity contribution is 9.10. The van der Waals surface area contributed by atoms with Crippen molar-refractivity contribution in [1.82, 2.24) is 5.43 Å². The van der Waals surface area contributed by atoms with E-state index in [4.69, 9.17) is 9.47 Å². The van der Waals surface area contributed by atoms with E-state index in [0.29, 0.717) is 17.1 Å². The van der Waals surface area contributed by atoms with Crippen molar-refractivity contribution < 1.29 is 14.3 Å². The molecule has 0 aliphatic carbocycles. The third kappa shape index (κ3) is 4.08. The first-order valence-electron chi connectivity index (χ1n) is 6.45. The number of nitrogens with one attached hydrogen (secondary N) is 1. The summed E-state index contributed by atoms with van der Waals surface area (Å²) in [7, 11) is 3.06. The van der Waals surface area contributed by atoms with Gasteiger partial charge in [-0.15, -0.1) is 0 Å². The average Bonchev–Trinajstić information content (AvgIpc) is 2.55. The van der Waals surface area contributed by atoms with Crippen molar-refractivity contribution in [2.24, 2.45) is 5.10 Å². The Labute approximate surface area is 137 Å². The van der Waals surface area contributed by atoms with Gasteiger partial charge in [-0.05, 0) is 18.2 Å². The fraction of sp³-hybridized carbons (Fsp3) is 0.125. The van der Waals surface area contributed by atoms with Crippen molar-refractivity contribution in [3.05, 3.63) is 58.1 Å². The zero-order valence-electron chi connectivity index (χ0n) is 12.2. The molecule has 0 saturated heterocycles. The Morgan fingerprint density at radius 3 is 2.36 bits per heavy atom. The van der Waals surface area contributed by atoms with E-state index in [1.54, 1.807) is 24.4 Å². The Morgan fingerprint density at radius 2 is 1.77 bits per heavy atom. The van der Waals surface area contributed by atoms with E-state index in [9.17, 15) is 4.79 Å². The van der Waals surface area contributed by atoms with Gasteiger partial charge in [-0.3, -0.25) is 4.79 Å². The molecule has 114 valence electrons. The number of hydrazone groups is 1. The summed E-state index contributed by atoms with van der Waals surface area (Å²) < 4.78 is 11.2. The molecule has 0 saturated carbocycles. The summed E-state index contributed by atoms with van der Waals surface area (Å²) >= 11 is 3.41. The van der Waals surface area contributed by atoms with Crippen LogP contribution in [0.2, 0.25) is 0 Å². The van der Waals surface area contributed by atoms with Gasteiger partial charge < -0.3 is 9.47 Å². The fourth-order valence-electron chi connectivity index (χ4n) is 1.74. The summed E-state index contributed by atoms with van der Waals surface area (Å²) in [5.41, 5.74) is 3.75. The number of carbonyl (C=O) groups is 1. The Hall–Kier alpha value is -2.34. The van der Waals surface area contributed by atoms with Crippen molar-refractivity contribution >= 4 is 28.1 Å². The predicted octanol–water partition coefficient (Wildman–Crippen LogP) is 3.23. The van der Waals surface area contributed by atoms with Crippen LogP contribution in [0.5, 0.6) is 11.5 Å². The first-order chi connectivity index (χ1) is 10.6. The molecule has 0 unspecified atom stereocenters. The molecular weight excluding hydrogens is 348 g/mol. The molecule has 0 aromatic heterocycles. The quantitative estimate of drug-likeness (QED) is 0.656. The fourth-order valence-corrected chi connectivity index (χ4v) is 2.13. The lowest BCUT2D eigenvalue weighted by Gasteiger charge is -2.07. The molecule has 1 N–H and O–H groups in total. The molecule has 0 fully saturated rings. The van der Waals surface area contributed by atoms with Crippen molar-refractivity contribution in [2.75, 3.05) is 14.2 Å². The minimum atomic E-state index is -0.347. The van der Waals surface area contributed by atoms with E-state index in [1.165, 1.54) is 14.2 Å². The Kier molecular flexibility index (Phi) is 5.55. The summed E-state index contributed by atoms with van der Waals surface area (Å²) in [5.74, 6) is 0.735. The van der Waals surface area contributed by atoms with E-state index < -0.39 is 0 Å². The highest BCUT2D eigenvalue weighted by atomic mass is 79.9. The molecule has 0 spiro atoms. The number of nitrogens with zero attached hydrogens (tertiary/aromatic N) is 1. The molecule has 0 heterocycles. The average molecular weight is 363 g/mol. The van der Waals surface area contributed by atoms with Gasteiger partial charge in [0.15, 0.2) is 0 Å². The second kappa shape index (κ2) is 7.61. The number of ether oxygens (including phenoxy) is 2. The second-order valence-corrected chi connectivity index (χ2v) is 5.18. The molecule has 0 radical (unpaired) electrons. The lowest BCUT2D eigenvalue weighted by Crippen LogP contribution is -2.17. The van der Waals surface area contributed by atoms with Crippen LogP contribution in [0.15, 0.2) is 52.0 Å². The van der Waals surface area contributed by atoms with Gasteiger partial charge in [-0.1, -0.05) is 34.1 Å². The molecular formula is C16H15BrN2O3. The zero-order valence-corrected chi connectivity index (χ0v) is 13.8. The van der Waals surface area contributed by atoms with Crippen LogP contribution in [-0.4, -0.2) is 26.3 Å². The number of hydrogen-bond acceptors (Lipinski definition) is 4. The highest BCUT2D eigenvalue weighted by Crippen LogP contribution is 2.22. The largest absolute Gasteiger partial charge is 0.497 e. The van der Waals surface area contributed by atoms with E-state index in [-0.39, 0.29) is 5.91 Å². The summed E-state index contributed by atoms with van der Waals surface area (Å²) in [4.78, 5) is 12.1. The van der Waals surface area contributed by atoms with Crippen LogP contribution in [0.4, 0.5) is 0 Å². The van der Waals surface area contributed by atoms with Gasteiger partial charge in [0, 0.05) is 21.7 Å². The van der Waals surface area contributed by atoms with Crippen LogP contribution in [0, 0.1) is 0 Å². The smallest absolute Gasteiger partial charge is 0.271 e. The molecule has 0 bridgehead atoms. The van der Waals surface area contributed by atoms with Crippen molar-refractivity contribution in [1.29, 1.82) is 0 Å². The van der Waals surface area contributed by atoms with Crippen molar-refractivity contribution in [3.63, 3.8) is 0 Å². The molecule has 5 nitrogen and oxygen atoms in total. The van der Waals surface area contributed by atoms with Crippen LogP contribution < -0.4 is 14.9 Å². The lowest BCUT2D eigenvalue weighted by molar-refractivity contribution is 0.0954. The maximum atomic E-state index is 12.1. The summed E-state index contributed by atoms with van der Waals surface area (Å²) in [6, 6.07) is 12.5. The number of rotatable bonds is 5. The van der Waals surface area contributed by atoms with E-state index in [1.807, 2.05) is 24.3 Å². The Bertz CT molecular complexity index is 679. The minimum Gasteiger partial charge on any atom is -0.497 e. The maximum absolute atomic E-state index is 12.1. The number of amides is 1. The SMILES string of the molecule is COc1cc(OC)cc(C(=O)N/N=C\c2ccccc2Br)c1. The van der Waals surface area contributed by atoms with Crippen molar-refractivity contribution in [2.45, 2.75) is 0 Å². The molecule has 0 atom stereocenters. The number of carbonyl (C=O) groups excluding carboxylic acids is 1. The molecule has 6 heteroatoms. The van der Waals surface area contributed by atoms with Gasteiger partial charge in [0.05, 0.1) is 20.4 Å². The summed E-state index contributed by atoms with van der Waals surface area (Å²) in [6.45, 7) is 0. The third-order valence-electron chi connectivity index (χ3n) is 2.89. The van der Waals surface area contributed by atoms with Crippen LogP contribution in [0.1, 0.15) is 15.9 Å². The Morgan fingerprint density at radius 1 is 1.14 bits per heavy atom. The van der Waals surface area contributed by atoms with Crippen LogP contribution >= 0.6 is 15.9 Å². The van der Waals surface area contributed by atoms with Gasteiger partial charge in [-0.25, -0.2) is 5.43 Å². The van der Waals surface area contributed by atoms with Crippen LogP contribution in [0.3, 0.4) is 0 Å². The molecule has 0 aliphatic rings. The zero-order chi connectivity index (χ0) is 15.9. The normalized spacial score (nSPS) is 10.5. The maximum Gasteiger partial charge on any atom is 0.271 e. The van der Waals surface area contributed by atoms with E-state index in [0.717, 1.165) is 10.0 Å². The summed E-state index contributed by atoms with van der Waals surface area (Å²) in [5, 5.41) is 3.95. The molecule has 22 heavy (non-hydrogen) atoms. The van der Waals surface area contributed by atoms with Gasteiger partial charge in [0.25, 0.3) is 5.91 Å². The number of methoxy groups -OCH3 is 2. The van der Waals surface area contributed by atoms with Crippen LogP contribution in [-0.2, 0) is 0 Å². The van der Waals surface area contributed by atoms with E-state index >= 15 is 0 Å². The second-order valence-electron chi connectivity index (χ2n) is 4.32. The van der Waals surface area contributed by atoms with Gasteiger partial charge in [0.1, 0.15) is 11.5 Å². The minimum absolute atomic E-state index is 0.347. The monoisotopic (exact) mass is 362 g/mol. The summed E-state index contributed by atoms with van der Waals surface area (Å²) in [6.07, 6.45) is 1.57. The standard InChI is InChI=1S/C16H15BrN2O3/c1-21-13-7-12(8-14(9-13)22-2)16(20)19-18-10-11-5-3-4-6-15(11)17/h3-10H,1-2H3,(H,19,20)/b18-10-. The molecule has 0 aliphatic heterocycles. The molecule has 2 aromatic carbocycles. The number of hydrogen-bond donors (Lipinski definition) is 1. The first kappa shape index (κ1) is 16.0. The van der Waals surface area contributed by atoms with Crippen molar-refractivity contribution in [3.8, 4) is 11.5 Å². The lowest BCUT2D eigenvalue weighted by atomic mass is 10.2. The van der Waals surface area contributed by atoms with Crippen LogP contribution in [0.25, 0.3) is 0 Å². The molecule has 1 amide bonds. The first-order valence-corrected chi connectivity index (χ1v) is 7.24. The van der Waals surface area contributed by atoms with Gasteiger partial charge in [0.2, 0.25) is 0 Å².